The summed E-state index contributed by atoms with van der Waals surface area (Å²) in [6.45, 7) is 5.01. The minimum Gasteiger partial charge on any atom is -0.491 e. The van der Waals surface area contributed by atoms with Crippen molar-refractivity contribution in [2.45, 2.75) is 38.8 Å². The Bertz CT molecular complexity index is 1120. The number of hydrogen-bond donors (Lipinski definition) is 0. The van der Waals surface area contributed by atoms with Gasteiger partial charge in [-0.3, -0.25) is 9.59 Å². The Hall–Kier alpha value is -2.83. The molecule has 5 nitrogen and oxygen atoms in total. The summed E-state index contributed by atoms with van der Waals surface area (Å²) in [6.07, 6.45) is 1.58. The van der Waals surface area contributed by atoms with Crippen LogP contribution in [0.25, 0.3) is 0 Å². The predicted octanol–water partition coefficient (Wildman–Crippen LogP) is 5.85. The van der Waals surface area contributed by atoms with Gasteiger partial charge in [0.2, 0.25) is 5.91 Å². The molecule has 7 heteroatoms. The van der Waals surface area contributed by atoms with E-state index in [9.17, 15) is 9.59 Å². The van der Waals surface area contributed by atoms with Crippen molar-refractivity contribution in [2.24, 2.45) is 0 Å². The van der Waals surface area contributed by atoms with E-state index in [4.69, 9.17) is 16.3 Å². The van der Waals surface area contributed by atoms with Gasteiger partial charge in [-0.05, 0) is 73.2 Å². The molecule has 2 heterocycles. The quantitative estimate of drug-likeness (QED) is 0.393. The largest absolute Gasteiger partial charge is 0.491 e. The van der Waals surface area contributed by atoms with Gasteiger partial charge in [-0.25, -0.2) is 0 Å². The Labute approximate surface area is 209 Å². The first-order valence-corrected chi connectivity index (χ1v) is 12.8. The summed E-state index contributed by atoms with van der Waals surface area (Å²) in [6, 6.07) is 18.2. The van der Waals surface area contributed by atoms with E-state index in [1.165, 1.54) is 4.88 Å². The SMILES string of the molecule is CC[C@H](C)N(CC(=O)N1CCc2sccc2[C@@H]1COc1ccc(Cl)cc1)C(=O)c1ccccc1. The molecule has 0 radical (unpaired) electrons. The molecule has 1 aromatic heterocycles. The first kappa shape index (κ1) is 24.3. The first-order chi connectivity index (χ1) is 16.5. The molecule has 0 unspecified atom stereocenters. The lowest BCUT2D eigenvalue weighted by atomic mass is 10.00. The highest BCUT2D eigenvalue weighted by molar-refractivity contribution is 7.10. The Kier molecular flexibility index (Phi) is 7.91. The Morgan fingerprint density at radius 3 is 2.59 bits per heavy atom. The van der Waals surface area contributed by atoms with Crippen LogP contribution in [0.2, 0.25) is 5.02 Å². The van der Waals surface area contributed by atoms with Crippen LogP contribution in [0.15, 0.2) is 66.0 Å². The van der Waals surface area contributed by atoms with Crippen LogP contribution in [0.5, 0.6) is 5.75 Å². The Morgan fingerprint density at radius 1 is 1.15 bits per heavy atom. The lowest BCUT2D eigenvalue weighted by molar-refractivity contribution is -0.136. The van der Waals surface area contributed by atoms with Gasteiger partial charge in [0.15, 0.2) is 0 Å². The number of carbonyl (C=O) groups excluding carboxylic acids is 2. The molecule has 0 aliphatic carbocycles. The fourth-order valence-corrected chi connectivity index (χ4v) is 5.27. The number of fused-ring (bicyclic) bond motifs is 1. The maximum absolute atomic E-state index is 13.6. The van der Waals surface area contributed by atoms with Crippen LogP contribution in [-0.2, 0) is 11.2 Å². The Morgan fingerprint density at radius 2 is 1.88 bits per heavy atom. The predicted molar refractivity (Wildman–Crippen MR) is 137 cm³/mol. The third kappa shape index (κ3) is 5.45. The van der Waals surface area contributed by atoms with Crippen LogP contribution in [0.4, 0.5) is 0 Å². The van der Waals surface area contributed by atoms with Crippen molar-refractivity contribution in [3.63, 3.8) is 0 Å². The summed E-state index contributed by atoms with van der Waals surface area (Å²) in [5.41, 5.74) is 1.72. The lowest BCUT2D eigenvalue weighted by Gasteiger charge is -2.38. The van der Waals surface area contributed by atoms with Crippen molar-refractivity contribution in [2.75, 3.05) is 19.7 Å². The molecule has 4 rings (SSSR count). The fourth-order valence-electron chi connectivity index (χ4n) is 4.21. The molecule has 0 bridgehead atoms. The molecule has 178 valence electrons. The van der Waals surface area contributed by atoms with Crippen LogP contribution < -0.4 is 4.74 Å². The molecule has 2 amide bonds. The zero-order valence-electron chi connectivity index (χ0n) is 19.4. The molecule has 2 aromatic carbocycles. The van der Waals surface area contributed by atoms with E-state index in [0.717, 1.165) is 18.4 Å². The van der Waals surface area contributed by atoms with E-state index in [1.807, 2.05) is 49.1 Å². The van der Waals surface area contributed by atoms with Crippen molar-refractivity contribution < 1.29 is 14.3 Å². The van der Waals surface area contributed by atoms with E-state index in [-0.39, 0.29) is 30.4 Å². The number of benzene rings is 2. The molecule has 0 fully saturated rings. The maximum atomic E-state index is 13.6. The number of ether oxygens (including phenoxy) is 1. The van der Waals surface area contributed by atoms with E-state index in [0.29, 0.717) is 29.5 Å². The first-order valence-electron chi connectivity index (χ1n) is 11.6. The third-order valence-corrected chi connectivity index (χ3v) is 7.60. The molecule has 0 N–H and O–H groups in total. The van der Waals surface area contributed by atoms with Crippen molar-refractivity contribution in [3.8, 4) is 5.75 Å². The van der Waals surface area contributed by atoms with Gasteiger partial charge in [0, 0.05) is 28.0 Å². The van der Waals surface area contributed by atoms with Crippen LogP contribution >= 0.6 is 22.9 Å². The molecule has 1 aliphatic heterocycles. The smallest absolute Gasteiger partial charge is 0.254 e. The summed E-state index contributed by atoms with van der Waals surface area (Å²) >= 11 is 7.71. The molecule has 1 aliphatic rings. The number of thiophene rings is 1. The third-order valence-electron chi connectivity index (χ3n) is 6.35. The highest BCUT2D eigenvalue weighted by atomic mass is 35.5. The highest BCUT2D eigenvalue weighted by Gasteiger charge is 2.34. The van der Waals surface area contributed by atoms with E-state index in [2.05, 4.69) is 11.4 Å². The number of hydrogen-bond acceptors (Lipinski definition) is 4. The van der Waals surface area contributed by atoms with Crippen LogP contribution in [-0.4, -0.2) is 47.4 Å². The average molecular weight is 497 g/mol. The molecular formula is C27H29ClN2O3S. The van der Waals surface area contributed by atoms with Crippen LogP contribution in [0.3, 0.4) is 0 Å². The molecule has 34 heavy (non-hydrogen) atoms. The maximum Gasteiger partial charge on any atom is 0.254 e. The van der Waals surface area contributed by atoms with E-state index >= 15 is 0 Å². The summed E-state index contributed by atoms with van der Waals surface area (Å²) in [5, 5.41) is 2.72. The monoisotopic (exact) mass is 496 g/mol. The van der Waals surface area contributed by atoms with Gasteiger partial charge in [0.05, 0.1) is 6.04 Å². The molecule has 0 spiro atoms. The highest BCUT2D eigenvalue weighted by Crippen LogP contribution is 2.34. The number of nitrogens with zero attached hydrogens (tertiary/aromatic N) is 2. The summed E-state index contributed by atoms with van der Waals surface area (Å²) < 4.78 is 6.07. The fraction of sp³-hybridized carbons (Fsp3) is 0.333. The average Bonchev–Trinajstić information content (AvgIpc) is 3.35. The Balaban J connectivity index is 1.54. The van der Waals surface area contributed by atoms with Crippen molar-refractivity contribution in [1.29, 1.82) is 0 Å². The zero-order valence-corrected chi connectivity index (χ0v) is 21.0. The van der Waals surface area contributed by atoms with Gasteiger partial charge < -0.3 is 14.5 Å². The molecular weight excluding hydrogens is 468 g/mol. The van der Waals surface area contributed by atoms with Gasteiger partial charge in [-0.15, -0.1) is 11.3 Å². The van der Waals surface area contributed by atoms with E-state index in [1.54, 1.807) is 40.5 Å². The van der Waals surface area contributed by atoms with Gasteiger partial charge >= 0.3 is 0 Å². The van der Waals surface area contributed by atoms with Crippen molar-refractivity contribution in [3.05, 3.63) is 87.1 Å². The van der Waals surface area contributed by atoms with Gasteiger partial charge in [0.1, 0.15) is 18.9 Å². The normalized spacial score (nSPS) is 16.0. The van der Waals surface area contributed by atoms with Crippen LogP contribution in [0, 0.1) is 0 Å². The number of rotatable bonds is 8. The zero-order chi connectivity index (χ0) is 24.1. The second kappa shape index (κ2) is 11.1. The van der Waals surface area contributed by atoms with Crippen LogP contribution in [0.1, 0.15) is 47.1 Å². The molecule has 0 saturated heterocycles. The van der Waals surface area contributed by atoms with E-state index < -0.39 is 0 Å². The lowest BCUT2D eigenvalue weighted by Crippen LogP contribution is -2.49. The van der Waals surface area contributed by atoms with Gasteiger partial charge in [-0.1, -0.05) is 36.7 Å². The second-order valence-corrected chi connectivity index (χ2v) is 9.91. The minimum atomic E-state index is -0.205. The number of carbonyl (C=O) groups is 2. The molecule has 3 aromatic rings. The number of amides is 2. The van der Waals surface area contributed by atoms with Crippen molar-refractivity contribution >= 4 is 34.8 Å². The standard InChI is InChI=1S/C27H29ClN2O3S/c1-3-19(2)30(27(32)20-7-5-4-6-8-20)17-26(31)29-15-13-25-23(14-16-34-25)24(29)18-33-22-11-9-21(28)10-12-22/h4-12,14,16,19,24H,3,13,15,17-18H2,1-2H3/t19-,24-/m0/s1. The summed E-state index contributed by atoms with van der Waals surface area (Å²) in [5.74, 6) is 0.524. The van der Waals surface area contributed by atoms with Crippen molar-refractivity contribution in [1.82, 2.24) is 9.80 Å². The minimum absolute atomic E-state index is 0.0413. The molecule has 2 atom stereocenters. The molecule has 0 saturated carbocycles. The topological polar surface area (TPSA) is 49.9 Å². The second-order valence-electron chi connectivity index (χ2n) is 8.47. The van der Waals surface area contributed by atoms with Gasteiger partial charge in [0.25, 0.3) is 5.91 Å². The van der Waals surface area contributed by atoms with Gasteiger partial charge in [-0.2, -0.15) is 0 Å². The summed E-state index contributed by atoms with van der Waals surface area (Å²) in [7, 11) is 0. The number of halogens is 1. The summed E-state index contributed by atoms with van der Waals surface area (Å²) in [4.78, 5) is 31.7.